The molecule has 0 bridgehead atoms. The summed E-state index contributed by atoms with van der Waals surface area (Å²) in [5, 5.41) is 7.31. The van der Waals surface area contributed by atoms with Crippen LogP contribution >= 0.6 is 0 Å². The minimum absolute atomic E-state index is 0.149. The number of nitrogens with zero attached hydrogens (tertiary/aromatic N) is 3. The van der Waals surface area contributed by atoms with Gasteiger partial charge in [-0.15, -0.1) is 0 Å². The van der Waals surface area contributed by atoms with Crippen LogP contribution in [0, 0.1) is 6.92 Å². The van der Waals surface area contributed by atoms with E-state index < -0.39 is 0 Å². The van der Waals surface area contributed by atoms with Gasteiger partial charge >= 0.3 is 0 Å². The molecule has 7 heteroatoms. The van der Waals surface area contributed by atoms with Crippen molar-refractivity contribution in [2.75, 3.05) is 5.32 Å². The van der Waals surface area contributed by atoms with Crippen LogP contribution < -0.4 is 11.1 Å². The van der Waals surface area contributed by atoms with Crippen molar-refractivity contribution in [3.63, 3.8) is 0 Å². The van der Waals surface area contributed by atoms with E-state index in [0.717, 1.165) is 16.8 Å². The van der Waals surface area contributed by atoms with Crippen molar-refractivity contribution in [2.45, 2.75) is 13.5 Å². The van der Waals surface area contributed by atoms with Crippen LogP contribution in [0.1, 0.15) is 21.9 Å². The molecule has 0 saturated carbocycles. The van der Waals surface area contributed by atoms with Crippen LogP contribution in [0.3, 0.4) is 0 Å². The number of hydrogen-bond acceptors (Lipinski definition) is 5. The van der Waals surface area contributed by atoms with Crippen LogP contribution in [0.5, 0.6) is 0 Å². The average Bonchev–Trinajstić information content (AvgIpc) is 3.16. The third-order valence-corrected chi connectivity index (χ3v) is 3.52. The molecule has 3 N–H and O–H groups in total. The van der Waals surface area contributed by atoms with Crippen molar-refractivity contribution >= 4 is 11.7 Å². The number of oxazole rings is 1. The van der Waals surface area contributed by atoms with Crippen molar-refractivity contribution in [1.82, 2.24) is 14.8 Å². The molecule has 1 amide bonds. The van der Waals surface area contributed by atoms with Crippen LogP contribution in [0.15, 0.2) is 41.0 Å². The summed E-state index contributed by atoms with van der Waals surface area (Å²) in [6.45, 7) is 2.06. The summed E-state index contributed by atoms with van der Waals surface area (Å²) in [6.07, 6.45) is 1.29. The maximum Gasteiger partial charge on any atom is 0.278 e. The van der Waals surface area contributed by atoms with Gasteiger partial charge in [-0.2, -0.15) is 5.10 Å². The van der Waals surface area contributed by atoms with Gasteiger partial charge in [0.1, 0.15) is 12.1 Å². The molecule has 0 atom stereocenters. The number of nitrogens with two attached hydrogens (primary N) is 1. The Kier molecular flexibility index (Phi) is 3.94. The normalized spacial score (nSPS) is 10.7. The first-order valence-corrected chi connectivity index (χ1v) is 7.15. The largest absolute Gasteiger partial charge is 0.447 e. The Bertz CT molecular complexity index is 836. The van der Waals surface area contributed by atoms with Gasteiger partial charge in [-0.3, -0.25) is 9.48 Å². The number of hydrogen-bond donors (Lipinski definition) is 2. The molecule has 2 heterocycles. The monoisotopic (exact) mass is 311 g/mol. The second kappa shape index (κ2) is 6.05. The average molecular weight is 311 g/mol. The minimum Gasteiger partial charge on any atom is -0.447 e. The predicted molar refractivity (Wildman–Crippen MR) is 85.7 cm³/mol. The Balaban J connectivity index is 1.89. The zero-order valence-electron chi connectivity index (χ0n) is 12.9. The van der Waals surface area contributed by atoms with E-state index in [2.05, 4.69) is 15.4 Å². The number of aromatic nitrogens is 3. The SMILES string of the molecule is Cc1c(-c2ccccc2)nn(C)c1NC(=O)c1coc(CN)n1. The fourth-order valence-corrected chi connectivity index (χ4v) is 2.36. The van der Waals surface area contributed by atoms with Crippen molar-refractivity contribution in [2.24, 2.45) is 12.8 Å². The number of benzene rings is 1. The maximum atomic E-state index is 12.3. The molecule has 0 saturated heterocycles. The highest BCUT2D eigenvalue weighted by atomic mass is 16.3. The van der Waals surface area contributed by atoms with Crippen molar-refractivity contribution in [3.05, 3.63) is 53.7 Å². The maximum absolute atomic E-state index is 12.3. The van der Waals surface area contributed by atoms with E-state index in [1.165, 1.54) is 6.26 Å². The van der Waals surface area contributed by atoms with E-state index in [1.54, 1.807) is 11.7 Å². The quantitative estimate of drug-likeness (QED) is 0.768. The molecule has 3 aromatic rings. The zero-order valence-corrected chi connectivity index (χ0v) is 12.9. The van der Waals surface area contributed by atoms with Gasteiger partial charge in [-0.1, -0.05) is 30.3 Å². The van der Waals surface area contributed by atoms with E-state index in [-0.39, 0.29) is 18.1 Å². The highest BCUT2D eigenvalue weighted by Gasteiger charge is 2.18. The van der Waals surface area contributed by atoms with E-state index in [4.69, 9.17) is 10.2 Å². The van der Waals surface area contributed by atoms with Gasteiger partial charge < -0.3 is 15.5 Å². The number of amides is 1. The highest BCUT2D eigenvalue weighted by molar-refractivity contribution is 6.03. The fourth-order valence-electron chi connectivity index (χ4n) is 2.36. The summed E-state index contributed by atoms with van der Waals surface area (Å²) in [6, 6.07) is 9.80. The Morgan fingerprint density at radius 3 is 2.74 bits per heavy atom. The van der Waals surface area contributed by atoms with E-state index >= 15 is 0 Å². The van der Waals surface area contributed by atoms with Crippen LogP contribution in [0.4, 0.5) is 5.82 Å². The predicted octanol–water partition coefficient (Wildman–Crippen LogP) is 2.09. The molecule has 0 fully saturated rings. The van der Waals surface area contributed by atoms with E-state index in [1.807, 2.05) is 37.3 Å². The van der Waals surface area contributed by atoms with Gasteiger partial charge in [-0.05, 0) is 6.92 Å². The van der Waals surface area contributed by atoms with Gasteiger partial charge in [0, 0.05) is 18.2 Å². The molecular weight excluding hydrogens is 294 g/mol. The van der Waals surface area contributed by atoms with Crippen molar-refractivity contribution in [3.8, 4) is 11.3 Å². The summed E-state index contributed by atoms with van der Waals surface area (Å²) in [7, 11) is 1.78. The van der Waals surface area contributed by atoms with Crippen LogP contribution in [-0.2, 0) is 13.6 Å². The Morgan fingerprint density at radius 1 is 1.35 bits per heavy atom. The molecule has 118 valence electrons. The molecule has 23 heavy (non-hydrogen) atoms. The second-order valence-corrected chi connectivity index (χ2v) is 5.10. The topological polar surface area (TPSA) is 99.0 Å². The Labute approximate surface area is 133 Å². The fraction of sp³-hybridized carbons (Fsp3) is 0.188. The summed E-state index contributed by atoms with van der Waals surface area (Å²) >= 11 is 0. The molecule has 0 aliphatic heterocycles. The van der Waals surface area contributed by atoms with Gasteiger partial charge in [0.05, 0.1) is 12.2 Å². The lowest BCUT2D eigenvalue weighted by Gasteiger charge is -2.04. The van der Waals surface area contributed by atoms with Gasteiger partial charge in [-0.25, -0.2) is 4.98 Å². The number of rotatable bonds is 4. The first kappa shape index (κ1) is 15.0. The molecule has 2 aromatic heterocycles. The second-order valence-electron chi connectivity index (χ2n) is 5.10. The standard InChI is InChI=1S/C16H17N5O2/c1-10-14(11-6-4-3-5-7-11)20-21(2)15(10)19-16(22)12-9-23-13(8-17)18-12/h3-7,9H,8,17H2,1-2H3,(H,19,22). The zero-order chi connectivity index (χ0) is 16.4. The number of nitrogens with one attached hydrogen (secondary N) is 1. The van der Waals surface area contributed by atoms with Gasteiger partial charge in [0.15, 0.2) is 5.69 Å². The molecular formula is C16H17N5O2. The smallest absolute Gasteiger partial charge is 0.278 e. The highest BCUT2D eigenvalue weighted by Crippen LogP contribution is 2.27. The van der Waals surface area contributed by atoms with Crippen LogP contribution in [0.2, 0.25) is 0 Å². The molecule has 0 aliphatic rings. The lowest BCUT2D eigenvalue weighted by molar-refractivity contribution is 0.102. The van der Waals surface area contributed by atoms with Crippen LogP contribution in [0.25, 0.3) is 11.3 Å². The third-order valence-electron chi connectivity index (χ3n) is 3.52. The third kappa shape index (κ3) is 2.86. The molecule has 1 aromatic carbocycles. The molecule has 7 nitrogen and oxygen atoms in total. The van der Waals surface area contributed by atoms with Gasteiger partial charge in [0.2, 0.25) is 5.89 Å². The molecule has 0 radical (unpaired) electrons. The van der Waals surface area contributed by atoms with E-state index in [9.17, 15) is 4.79 Å². The molecule has 0 spiro atoms. The Hall–Kier alpha value is -2.93. The summed E-state index contributed by atoms with van der Waals surface area (Å²) in [5.74, 6) is 0.576. The molecule has 3 rings (SSSR count). The number of carbonyl (C=O) groups is 1. The van der Waals surface area contributed by atoms with E-state index in [0.29, 0.717) is 11.7 Å². The minimum atomic E-state index is -0.362. The number of anilines is 1. The first-order valence-electron chi connectivity index (χ1n) is 7.15. The molecule has 0 aliphatic carbocycles. The lowest BCUT2D eigenvalue weighted by Crippen LogP contribution is -2.16. The first-order chi connectivity index (χ1) is 11.1. The van der Waals surface area contributed by atoms with Crippen molar-refractivity contribution < 1.29 is 9.21 Å². The van der Waals surface area contributed by atoms with Crippen LogP contribution in [-0.4, -0.2) is 20.7 Å². The van der Waals surface area contributed by atoms with Crippen molar-refractivity contribution in [1.29, 1.82) is 0 Å². The number of carbonyl (C=O) groups excluding carboxylic acids is 1. The summed E-state index contributed by atoms with van der Waals surface area (Å²) in [4.78, 5) is 16.3. The molecule has 0 unspecified atom stereocenters. The van der Waals surface area contributed by atoms with Gasteiger partial charge in [0.25, 0.3) is 5.91 Å². The number of aryl methyl sites for hydroxylation is 1. The Morgan fingerprint density at radius 2 is 2.09 bits per heavy atom. The summed E-state index contributed by atoms with van der Waals surface area (Å²) in [5.41, 5.74) is 8.32. The summed E-state index contributed by atoms with van der Waals surface area (Å²) < 4.78 is 6.73. The lowest BCUT2D eigenvalue weighted by atomic mass is 10.1.